The minimum absolute atomic E-state index is 0.227. The second-order valence-corrected chi connectivity index (χ2v) is 5.62. The maximum absolute atomic E-state index is 12.0. The maximum atomic E-state index is 12.0. The predicted molar refractivity (Wildman–Crippen MR) is 80.1 cm³/mol. The number of rotatable bonds is 7. The monoisotopic (exact) mass is 315 g/mol. The van der Waals surface area contributed by atoms with Crippen LogP contribution in [0.4, 0.5) is 0 Å². The molecule has 0 atom stereocenters. The molecule has 0 spiro atoms. The van der Waals surface area contributed by atoms with Gasteiger partial charge in [0.2, 0.25) is 0 Å². The summed E-state index contributed by atoms with van der Waals surface area (Å²) in [4.78, 5) is 20.3. The molecule has 0 aliphatic carbocycles. The van der Waals surface area contributed by atoms with Gasteiger partial charge in [-0.3, -0.25) is 9.89 Å². The van der Waals surface area contributed by atoms with Crippen molar-refractivity contribution in [2.75, 3.05) is 6.54 Å². The van der Waals surface area contributed by atoms with Crippen LogP contribution in [0, 0.1) is 12.3 Å². The van der Waals surface area contributed by atoms with Gasteiger partial charge in [-0.15, -0.1) is 23.7 Å². The van der Waals surface area contributed by atoms with Gasteiger partial charge in [-0.2, -0.15) is 15.3 Å². The molecule has 22 heavy (non-hydrogen) atoms. The van der Waals surface area contributed by atoms with Crippen molar-refractivity contribution in [2.24, 2.45) is 10.2 Å². The molecule has 0 bridgehead atoms. The topological polar surface area (TPSA) is 108 Å². The van der Waals surface area contributed by atoms with Gasteiger partial charge in [0.05, 0.1) is 0 Å². The summed E-state index contributed by atoms with van der Waals surface area (Å²) in [7, 11) is 0. The quantitative estimate of drug-likeness (QED) is 0.757. The lowest BCUT2D eigenvalue weighted by Gasteiger charge is -2.08. The van der Waals surface area contributed by atoms with Crippen LogP contribution >= 0.6 is 11.3 Å². The van der Waals surface area contributed by atoms with Crippen LogP contribution < -0.4 is 5.32 Å². The zero-order chi connectivity index (χ0) is 15.4. The van der Waals surface area contributed by atoms with Crippen LogP contribution in [0.15, 0.2) is 21.9 Å². The number of hydrogen-bond acceptors (Lipinski definition) is 7. The van der Waals surface area contributed by atoms with E-state index < -0.39 is 0 Å². The summed E-state index contributed by atoms with van der Waals surface area (Å²) in [5, 5.41) is 19.6. The van der Waals surface area contributed by atoms with E-state index in [2.05, 4.69) is 41.6 Å². The molecule has 8 nitrogen and oxygen atoms in total. The van der Waals surface area contributed by atoms with E-state index in [1.165, 1.54) is 17.7 Å². The molecule has 1 amide bonds. The minimum atomic E-state index is -0.382. The average molecular weight is 315 g/mol. The van der Waals surface area contributed by atoms with Crippen LogP contribution in [0.25, 0.3) is 10.8 Å². The van der Waals surface area contributed by atoms with Crippen LogP contribution in [0.3, 0.4) is 0 Å². The zero-order valence-electron chi connectivity index (χ0n) is 11.6. The molecular formula is C13H13N7OS. The molecule has 3 rings (SSSR count). The fraction of sp³-hybridized carbons (Fsp3) is 0.385. The summed E-state index contributed by atoms with van der Waals surface area (Å²) < 4.78 is 0. The highest BCUT2D eigenvalue weighted by atomic mass is 32.1. The second-order valence-electron chi connectivity index (χ2n) is 4.76. The van der Waals surface area contributed by atoms with E-state index in [9.17, 15) is 4.79 Å². The normalized spacial score (nSPS) is 14.5. The first-order chi connectivity index (χ1) is 10.7. The number of carbonyl (C=O) groups excluding carboxylic acids is 1. The molecule has 0 fully saturated rings. The molecule has 0 unspecified atom stereocenters. The van der Waals surface area contributed by atoms with E-state index in [-0.39, 0.29) is 11.6 Å². The van der Waals surface area contributed by atoms with Gasteiger partial charge in [-0.05, 0) is 0 Å². The molecular weight excluding hydrogens is 302 g/mol. The minimum Gasteiger partial charge on any atom is -0.351 e. The Morgan fingerprint density at radius 2 is 2.32 bits per heavy atom. The summed E-state index contributed by atoms with van der Waals surface area (Å²) >= 11 is 1.33. The van der Waals surface area contributed by atoms with Gasteiger partial charge in [0, 0.05) is 31.2 Å². The Labute approximate surface area is 130 Å². The number of terminal acetylenes is 1. The lowest BCUT2D eigenvalue weighted by Crippen LogP contribution is -2.28. The molecule has 1 aliphatic heterocycles. The van der Waals surface area contributed by atoms with E-state index >= 15 is 0 Å². The standard InChI is InChI=1S/C13H13N7OS/c1-2-3-4-13(19-20-13)5-6-14-11(21)9-7-22-12(17-9)10-15-8-16-18-10/h1,7-8H,3-6H2,(H,14,21)(H,15,16,18). The van der Waals surface area contributed by atoms with Crippen LogP contribution in [-0.4, -0.2) is 38.3 Å². The van der Waals surface area contributed by atoms with E-state index in [0.29, 0.717) is 35.9 Å². The molecule has 9 heteroatoms. The molecule has 0 saturated carbocycles. The van der Waals surface area contributed by atoms with Crippen LogP contribution in [0.2, 0.25) is 0 Å². The van der Waals surface area contributed by atoms with E-state index in [4.69, 9.17) is 6.42 Å². The molecule has 1 aliphatic rings. The van der Waals surface area contributed by atoms with Crippen molar-refractivity contribution in [3.63, 3.8) is 0 Å². The van der Waals surface area contributed by atoms with E-state index in [0.717, 1.165) is 6.42 Å². The zero-order valence-corrected chi connectivity index (χ0v) is 12.4. The Kier molecular flexibility index (Phi) is 3.93. The first-order valence-electron chi connectivity index (χ1n) is 6.69. The van der Waals surface area contributed by atoms with Crippen molar-refractivity contribution in [3.8, 4) is 23.2 Å². The van der Waals surface area contributed by atoms with Gasteiger partial charge >= 0.3 is 0 Å². The van der Waals surface area contributed by atoms with Crippen molar-refractivity contribution in [2.45, 2.75) is 24.9 Å². The van der Waals surface area contributed by atoms with Crippen molar-refractivity contribution < 1.29 is 4.79 Å². The number of aromatic amines is 1. The summed E-state index contributed by atoms with van der Waals surface area (Å²) in [6.07, 6.45) is 8.65. The van der Waals surface area contributed by atoms with Gasteiger partial charge in [-0.25, -0.2) is 9.97 Å². The third-order valence-electron chi connectivity index (χ3n) is 3.22. The van der Waals surface area contributed by atoms with Crippen molar-refractivity contribution in [1.29, 1.82) is 0 Å². The summed E-state index contributed by atoms with van der Waals surface area (Å²) in [5.74, 6) is 2.90. The van der Waals surface area contributed by atoms with E-state index in [1.54, 1.807) is 5.38 Å². The first kappa shape index (κ1) is 14.3. The lowest BCUT2D eigenvalue weighted by atomic mass is 10.0. The highest BCUT2D eigenvalue weighted by Gasteiger charge is 2.38. The van der Waals surface area contributed by atoms with Crippen molar-refractivity contribution >= 4 is 17.2 Å². The van der Waals surface area contributed by atoms with Crippen LogP contribution in [0.1, 0.15) is 29.8 Å². The highest BCUT2D eigenvalue weighted by Crippen LogP contribution is 2.36. The van der Waals surface area contributed by atoms with Crippen LogP contribution in [-0.2, 0) is 0 Å². The Morgan fingerprint density at radius 1 is 1.45 bits per heavy atom. The average Bonchev–Trinajstić information content (AvgIpc) is 2.98. The fourth-order valence-electron chi connectivity index (χ4n) is 1.93. The largest absolute Gasteiger partial charge is 0.351 e. The van der Waals surface area contributed by atoms with Gasteiger partial charge < -0.3 is 5.32 Å². The Bertz CT molecular complexity index is 722. The Morgan fingerprint density at radius 3 is 3.00 bits per heavy atom. The van der Waals surface area contributed by atoms with Crippen LogP contribution in [0.5, 0.6) is 0 Å². The number of amides is 1. The third kappa shape index (κ3) is 3.17. The molecule has 0 saturated heterocycles. The predicted octanol–water partition coefficient (Wildman–Crippen LogP) is 1.62. The number of thiazole rings is 1. The fourth-order valence-corrected chi connectivity index (χ4v) is 2.67. The molecule has 2 N–H and O–H groups in total. The van der Waals surface area contributed by atoms with E-state index in [1.807, 2.05) is 0 Å². The summed E-state index contributed by atoms with van der Waals surface area (Å²) in [6, 6.07) is 0. The molecule has 3 heterocycles. The number of hydrogen-bond donors (Lipinski definition) is 2. The van der Waals surface area contributed by atoms with Gasteiger partial charge in [0.15, 0.2) is 16.5 Å². The highest BCUT2D eigenvalue weighted by molar-refractivity contribution is 7.13. The number of nitrogens with zero attached hydrogens (tertiary/aromatic N) is 5. The smallest absolute Gasteiger partial charge is 0.270 e. The maximum Gasteiger partial charge on any atom is 0.270 e. The number of nitrogens with one attached hydrogen (secondary N) is 2. The van der Waals surface area contributed by atoms with Crippen molar-refractivity contribution in [3.05, 3.63) is 17.4 Å². The lowest BCUT2D eigenvalue weighted by molar-refractivity contribution is 0.0947. The second kappa shape index (κ2) is 6.03. The summed E-state index contributed by atoms with van der Waals surface area (Å²) in [5.41, 5.74) is -0.0223. The summed E-state index contributed by atoms with van der Waals surface area (Å²) in [6.45, 7) is 0.478. The SMILES string of the molecule is C#CCCC1(CCNC(=O)c2csc(-c3ncn[nH]3)n2)N=N1. The third-order valence-corrected chi connectivity index (χ3v) is 4.07. The number of aromatic nitrogens is 4. The Balaban J connectivity index is 1.50. The van der Waals surface area contributed by atoms with Gasteiger partial charge in [0.25, 0.3) is 5.91 Å². The number of carbonyl (C=O) groups is 1. The molecule has 0 aromatic carbocycles. The van der Waals surface area contributed by atoms with Gasteiger partial charge in [-0.1, -0.05) is 0 Å². The van der Waals surface area contributed by atoms with Gasteiger partial charge in [0.1, 0.15) is 12.0 Å². The first-order valence-corrected chi connectivity index (χ1v) is 7.57. The molecule has 112 valence electrons. The molecule has 2 aromatic heterocycles. The van der Waals surface area contributed by atoms with Crippen molar-refractivity contribution in [1.82, 2.24) is 25.5 Å². The number of H-pyrrole nitrogens is 1. The Hall–Kier alpha value is -2.60. The molecule has 0 radical (unpaired) electrons. The molecule has 2 aromatic rings.